The lowest BCUT2D eigenvalue weighted by Gasteiger charge is -2.11. The highest BCUT2D eigenvalue weighted by Crippen LogP contribution is 2.36. The highest BCUT2D eigenvalue weighted by Gasteiger charge is 2.27. The topological polar surface area (TPSA) is 17.3 Å². The van der Waals surface area contributed by atoms with Gasteiger partial charge in [-0.15, -0.1) is 0 Å². The molecule has 1 aliphatic rings. The maximum Gasteiger partial charge on any atom is 0.137 e. The van der Waals surface area contributed by atoms with Gasteiger partial charge in [0.15, 0.2) is 0 Å². The van der Waals surface area contributed by atoms with Crippen LogP contribution in [0.25, 0.3) is 5.65 Å². The number of pyridine rings is 1. The van der Waals surface area contributed by atoms with Crippen molar-refractivity contribution in [1.82, 2.24) is 9.38 Å². The molecule has 2 heterocycles. The lowest BCUT2D eigenvalue weighted by molar-refractivity contribution is 0.632. The van der Waals surface area contributed by atoms with Crippen molar-refractivity contribution in [3.63, 3.8) is 0 Å². The van der Waals surface area contributed by atoms with Gasteiger partial charge in [0.1, 0.15) is 5.65 Å². The fraction of sp³-hybridized carbons (Fsp3) is 0.500. The normalized spacial score (nSPS) is 19.3. The van der Waals surface area contributed by atoms with E-state index in [1.807, 2.05) is 0 Å². The van der Waals surface area contributed by atoms with E-state index in [1.54, 1.807) is 0 Å². The minimum Gasteiger partial charge on any atom is -0.301 e. The Morgan fingerprint density at radius 3 is 2.94 bits per heavy atom. The van der Waals surface area contributed by atoms with Crippen LogP contribution in [0.5, 0.6) is 0 Å². The highest BCUT2D eigenvalue weighted by atomic mass is 15.0. The van der Waals surface area contributed by atoms with E-state index in [4.69, 9.17) is 4.98 Å². The summed E-state index contributed by atoms with van der Waals surface area (Å²) in [5.74, 6) is 0.714. The number of fused-ring (bicyclic) bond motifs is 3. The molecule has 16 heavy (non-hydrogen) atoms. The summed E-state index contributed by atoms with van der Waals surface area (Å²) >= 11 is 0. The average Bonchev–Trinajstić information content (AvgIpc) is 2.74. The second kappa shape index (κ2) is 3.34. The van der Waals surface area contributed by atoms with Crippen LogP contribution in [0.3, 0.4) is 0 Å². The van der Waals surface area contributed by atoms with Crippen molar-refractivity contribution in [1.29, 1.82) is 0 Å². The summed E-state index contributed by atoms with van der Waals surface area (Å²) in [6.07, 6.45) is 3.67. The molecule has 0 fully saturated rings. The molecule has 1 unspecified atom stereocenters. The van der Waals surface area contributed by atoms with Crippen LogP contribution in [0.4, 0.5) is 0 Å². The summed E-state index contributed by atoms with van der Waals surface area (Å²) in [5.41, 5.74) is 6.59. The van der Waals surface area contributed by atoms with Crippen LogP contribution in [-0.4, -0.2) is 9.38 Å². The zero-order valence-electron chi connectivity index (χ0n) is 10.2. The predicted octanol–water partition coefficient (Wildman–Crippen LogP) is 3.39. The largest absolute Gasteiger partial charge is 0.301 e. The molecule has 1 aliphatic carbocycles. The third kappa shape index (κ3) is 1.22. The summed E-state index contributed by atoms with van der Waals surface area (Å²) in [4.78, 5) is 4.78. The zero-order chi connectivity index (χ0) is 11.3. The van der Waals surface area contributed by atoms with Gasteiger partial charge in [0.05, 0.1) is 5.69 Å². The van der Waals surface area contributed by atoms with Gasteiger partial charge >= 0.3 is 0 Å². The Hall–Kier alpha value is -1.31. The van der Waals surface area contributed by atoms with Crippen molar-refractivity contribution in [2.45, 2.75) is 46.0 Å². The molecule has 2 nitrogen and oxygen atoms in total. The fourth-order valence-electron chi connectivity index (χ4n) is 3.05. The zero-order valence-corrected chi connectivity index (χ0v) is 10.2. The summed E-state index contributed by atoms with van der Waals surface area (Å²) < 4.78 is 2.36. The predicted molar refractivity (Wildman–Crippen MR) is 66.0 cm³/mol. The number of aromatic nitrogens is 2. The Kier molecular flexibility index (Phi) is 2.06. The Morgan fingerprint density at radius 2 is 2.19 bits per heavy atom. The molecule has 0 saturated heterocycles. The van der Waals surface area contributed by atoms with Crippen molar-refractivity contribution >= 4 is 5.65 Å². The number of imidazole rings is 1. The number of aryl methyl sites for hydroxylation is 3. The van der Waals surface area contributed by atoms with Crippen molar-refractivity contribution in [2.24, 2.45) is 0 Å². The summed E-state index contributed by atoms with van der Waals surface area (Å²) in [6.45, 7) is 6.61. The second-order valence-electron chi connectivity index (χ2n) is 4.96. The van der Waals surface area contributed by atoms with Crippen LogP contribution < -0.4 is 0 Å². The van der Waals surface area contributed by atoms with E-state index in [2.05, 4.69) is 37.3 Å². The van der Waals surface area contributed by atoms with Gasteiger partial charge in [0.25, 0.3) is 0 Å². The lowest BCUT2D eigenvalue weighted by Crippen LogP contribution is -2.01. The number of hydrogen-bond acceptors (Lipinski definition) is 1. The molecule has 0 radical (unpaired) electrons. The SMILES string of the molecule is CCC1CCc2nc3cc(C)cc(C)n3c21. The van der Waals surface area contributed by atoms with Crippen molar-refractivity contribution in [3.05, 3.63) is 34.8 Å². The molecule has 0 N–H and O–H groups in total. The molecule has 0 amide bonds. The minimum absolute atomic E-state index is 0.714. The van der Waals surface area contributed by atoms with E-state index >= 15 is 0 Å². The molecule has 84 valence electrons. The Bertz CT molecular complexity index is 551. The first-order valence-electron chi connectivity index (χ1n) is 6.19. The highest BCUT2D eigenvalue weighted by molar-refractivity contribution is 5.49. The summed E-state index contributed by atoms with van der Waals surface area (Å²) in [7, 11) is 0. The maximum absolute atomic E-state index is 4.78. The van der Waals surface area contributed by atoms with Gasteiger partial charge in [0.2, 0.25) is 0 Å². The smallest absolute Gasteiger partial charge is 0.137 e. The van der Waals surface area contributed by atoms with Gasteiger partial charge in [-0.25, -0.2) is 4.98 Å². The molecule has 1 atom stereocenters. The molecular weight excluding hydrogens is 196 g/mol. The van der Waals surface area contributed by atoms with Gasteiger partial charge in [-0.2, -0.15) is 0 Å². The van der Waals surface area contributed by atoms with E-state index in [9.17, 15) is 0 Å². The standard InChI is InChI=1S/C14H18N2/c1-4-11-5-6-12-14(11)16-10(3)7-9(2)8-13(16)15-12/h7-8,11H,4-6H2,1-3H3. The number of rotatable bonds is 1. The first-order valence-corrected chi connectivity index (χ1v) is 6.19. The number of hydrogen-bond donors (Lipinski definition) is 0. The maximum atomic E-state index is 4.78. The Balaban J connectivity index is 2.34. The van der Waals surface area contributed by atoms with Crippen LogP contribution in [-0.2, 0) is 6.42 Å². The van der Waals surface area contributed by atoms with Gasteiger partial charge in [-0.1, -0.05) is 6.92 Å². The number of nitrogens with zero attached hydrogens (tertiary/aromatic N) is 2. The molecule has 0 aromatic carbocycles. The third-order valence-electron chi connectivity index (χ3n) is 3.77. The molecule has 0 spiro atoms. The van der Waals surface area contributed by atoms with Crippen LogP contribution >= 0.6 is 0 Å². The molecule has 0 saturated carbocycles. The van der Waals surface area contributed by atoms with Crippen LogP contribution in [0.1, 0.15) is 48.3 Å². The Labute approximate surface area is 96.3 Å². The fourth-order valence-corrected chi connectivity index (χ4v) is 3.05. The van der Waals surface area contributed by atoms with Gasteiger partial charge in [0, 0.05) is 17.3 Å². The van der Waals surface area contributed by atoms with Crippen LogP contribution in [0, 0.1) is 13.8 Å². The molecule has 0 bridgehead atoms. The first-order chi connectivity index (χ1) is 7.70. The van der Waals surface area contributed by atoms with E-state index < -0.39 is 0 Å². The monoisotopic (exact) mass is 214 g/mol. The first kappa shape index (κ1) is 9.88. The lowest BCUT2D eigenvalue weighted by atomic mass is 10.0. The van der Waals surface area contributed by atoms with Gasteiger partial charge < -0.3 is 4.40 Å². The minimum atomic E-state index is 0.714. The van der Waals surface area contributed by atoms with E-state index in [-0.39, 0.29) is 0 Å². The van der Waals surface area contributed by atoms with Crippen molar-refractivity contribution in [3.8, 4) is 0 Å². The Morgan fingerprint density at radius 1 is 1.38 bits per heavy atom. The van der Waals surface area contributed by atoms with Gasteiger partial charge in [-0.05, 0) is 50.8 Å². The molecule has 2 heteroatoms. The van der Waals surface area contributed by atoms with E-state index in [1.165, 1.54) is 35.5 Å². The molecule has 2 aromatic rings. The molecule has 3 rings (SSSR count). The van der Waals surface area contributed by atoms with E-state index in [0.717, 1.165) is 12.1 Å². The summed E-state index contributed by atoms with van der Waals surface area (Å²) in [5, 5.41) is 0. The van der Waals surface area contributed by atoms with E-state index in [0.29, 0.717) is 5.92 Å². The van der Waals surface area contributed by atoms with Crippen LogP contribution in [0.15, 0.2) is 12.1 Å². The third-order valence-corrected chi connectivity index (χ3v) is 3.77. The van der Waals surface area contributed by atoms with Crippen molar-refractivity contribution < 1.29 is 0 Å². The van der Waals surface area contributed by atoms with Gasteiger partial charge in [-0.3, -0.25) is 0 Å². The van der Waals surface area contributed by atoms with Crippen LogP contribution in [0.2, 0.25) is 0 Å². The molecular formula is C14H18N2. The average molecular weight is 214 g/mol. The van der Waals surface area contributed by atoms with Crippen molar-refractivity contribution in [2.75, 3.05) is 0 Å². The second-order valence-corrected chi connectivity index (χ2v) is 4.96. The molecule has 2 aromatic heterocycles. The quantitative estimate of drug-likeness (QED) is 0.711. The summed E-state index contributed by atoms with van der Waals surface area (Å²) in [6, 6.07) is 4.44. The molecule has 0 aliphatic heterocycles.